The molecule has 0 aromatic heterocycles. The topological polar surface area (TPSA) is 58.7 Å². The van der Waals surface area contributed by atoms with Gasteiger partial charge in [0.1, 0.15) is 0 Å². The van der Waals surface area contributed by atoms with Gasteiger partial charge < -0.3 is 5.73 Å². The first kappa shape index (κ1) is 11.2. The molecule has 0 fully saturated rings. The standard InChI is InChI=1S/C10H19N3O/c1-7(2)6-13-10(14)9(4-5-11)8(3)12-13/h7,9H,4-6,11H2,1-3H3. The molecule has 1 aliphatic heterocycles. The molecule has 1 rings (SSSR count). The summed E-state index contributed by atoms with van der Waals surface area (Å²) in [5.41, 5.74) is 6.36. The minimum atomic E-state index is -0.0706. The molecule has 1 heterocycles. The van der Waals surface area contributed by atoms with Crippen LogP contribution in [0, 0.1) is 11.8 Å². The van der Waals surface area contributed by atoms with Gasteiger partial charge in [-0.05, 0) is 25.8 Å². The van der Waals surface area contributed by atoms with Crippen molar-refractivity contribution in [2.75, 3.05) is 13.1 Å². The second-order valence-electron chi connectivity index (χ2n) is 4.19. The Labute approximate surface area is 85.1 Å². The lowest BCUT2D eigenvalue weighted by molar-refractivity contribution is -0.132. The predicted molar refractivity (Wildman–Crippen MR) is 56.8 cm³/mol. The van der Waals surface area contributed by atoms with Gasteiger partial charge in [-0.25, -0.2) is 5.01 Å². The second-order valence-corrected chi connectivity index (χ2v) is 4.19. The van der Waals surface area contributed by atoms with Crippen LogP contribution < -0.4 is 5.73 Å². The molecule has 1 aliphatic rings. The van der Waals surface area contributed by atoms with Crippen molar-refractivity contribution in [2.24, 2.45) is 22.7 Å². The maximum absolute atomic E-state index is 11.8. The van der Waals surface area contributed by atoms with Crippen molar-refractivity contribution in [3.63, 3.8) is 0 Å². The Morgan fingerprint density at radius 2 is 2.21 bits per heavy atom. The molecule has 0 aliphatic carbocycles. The molecule has 4 heteroatoms. The van der Waals surface area contributed by atoms with Crippen molar-refractivity contribution in [3.05, 3.63) is 0 Å². The van der Waals surface area contributed by atoms with Crippen LogP contribution in [-0.2, 0) is 4.79 Å². The summed E-state index contributed by atoms with van der Waals surface area (Å²) in [6.45, 7) is 7.30. The molecule has 0 aromatic rings. The van der Waals surface area contributed by atoms with E-state index in [2.05, 4.69) is 18.9 Å². The molecule has 2 N–H and O–H groups in total. The summed E-state index contributed by atoms with van der Waals surface area (Å²) in [7, 11) is 0. The van der Waals surface area contributed by atoms with E-state index in [0.717, 1.165) is 5.71 Å². The molecular formula is C10H19N3O. The fourth-order valence-electron chi connectivity index (χ4n) is 1.64. The molecule has 0 bridgehead atoms. The lowest BCUT2D eigenvalue weighted by Gasteiger charge is -2.15. The maximum atomic E-state index is 11.8. The molecule has 1 atom stereocenters. The number of amides is 1. The van der Waals surface area contributed by atoms with Gasteiger partial charge in [0.05, 0.1) is 5.92 Å². The van der Waals surface area contributed by atoms with E-state index in [4.69, 9.17) is 5.73 Å². The van der Waals surface area contributed by atoms with Gasteiger partial charge in [0, 0.05) is 12.3 Å². The summed E-state index contributed by atoms with van der Waals surface area (Å²) in [5, 5.41) is 5.84. The number of hydrogen-bond acceptors (Lipinski definition) is 3. The molecule has 0 saturated heterocycles. The quantitative estimate of drug-likeness (QED) is 0.725. The van der Waals surface area contributed by atoms with Crippen molar-refractivity contribution < 1.29 is 4.79 Å². The van der Waals surface area contributed by atoms with E-state index < -0.39 is 0 Å². The van der Waals surface area contributed by atoms with Crippen molar-refractivity contribution in [2.45, 2.75) is 27.2 Å². The van der Waals surface area contributed by atoms with Crippen LogP contribution in [-0.4, -0.2) is 29.7 Å². The molecule has 1 unspecified atom stereocenters. The van der Waals surface area contributed by atoms with Crippen molar-refractivity contribution in [1.29, 1.82) is 0 Å². The van der Waals surface area contributed by atoms with Crippen LogP contribution in [0.15, 0.2) is 5.10 Å². The van der Waals surface area contributed by atoms with E-state index in [1.165, 1.54) is 0 Å². The van der Waals surface area contributed by atoms with Crippen LogP contribution in [0.2, 0.25) is 0 Å². The molecule has 1 amide bonds. The van der Waals surface area contributed by atoms with Gasteiger partial charge in [-0.1, -0.05) is 13.8 Å². The first-order valence-electron chi connectivity index (χ1n) is 5.12. The molecule has 14 heavy (non-hydrogen) atoms. The Kier molecular flexibility index (Phi) is 3.63. The van der Waals surface area contributed by atoms with E-state index in [1.807, 2.05) is 6.92 Å². The highest BCUT2D eigenvalue weighted by molar-refractivity contribution is 6.06. The van der Waals surface area contributed by atoms with Crippen molar-refractivity contribution in [3.8, 4) is 0 Å². The number of nitrogens with two attached hydrogens (primary N) is 1. The largest absolute Gasteiger partial charge is 0.330 e. The number of hydrogen-bond donors (Lipinski definition) is 1. The monoisotopic (exact) mass is 197 g/mol. The fraction of sp³-hybridized carbons (Fsp3) is 0.800. The Bertz CT molecular complexity index is 248. The van der Waals surface area contributed by atoms with E-state index >= 15 is 0 Å². The Morgan fingerprint density at radius 1 is 1.57 bits per heavy atom. The van der Waals surface area contributed by atoms with Crippen LogP contribution >= 0.6 is 0 Å². The third-order valence-corrected chi connectivity index (χ3v) is 2.33. The number of hydrazone groups is 1. The number of rotatable bonds is 4. The molecule has 0 radical (unpaired) electrons. The normalized spacial score (nSPS) is 22.1. The summed E-state index contributed by atoms with van der Waals surface area (Å²) >= 11 is 0. The number of nitrogens with zero attached hydrogens (tertiary/aromatic N) is 2. The first-order chi connectivity index (χ1) is 6.56. The number of carbonyl (C=O) groups is 1. The summed E-state index contributed by atoms with van der Waals surface area (Å²) in [5.74, 6) is 0.493. The van der Waals surface area contributed by atoms with Gasteiger partial charge in [-0.3, -0.25) is 4.79 Å². The highest BCUT2D eigenvalue weighted by Gasteiger charge is 2.32. The van der Waals surface area contributed by atoms with E-state index in [9.17, 15) is 4.79 Å². The van der Waals surface area contributed by atoms with Crippen LogP contribution in [0.5, 0.6) is 0 Å². The second kappa shape index (κ2) is 4.55. The van der Waals surface area contributed by atoms with E-state index in [0.29, 0.717) is 25.4 Å². The van der Waals surface area contributed by atoms with Crippen LogP contribution in [0.1, 0.15) is 27.2 Å². The fourth-order valence-corrected chi connectivity index (χ4v) is 1.64. The van der Waals surface area contributed by atoms with Crippen LogP contribution in [0.25, 0.3) is 0 Å². The average molecular weight is 197 g/mol. The zero-order chi connectivity index (χ0) is 10.7. The van der Waals surface area contributed by atoms with Gasteiger partial charge >= 0.3 is 0 Å². The Morgan fingerprint density at radius 3 is 2.71 bits per heavy atom. The summed E-state index contributed by atoms with van der Waals surface area (Å²) in [6.07, 6.45) is 0.711. The molecule has 80 valence electrons. The summed E-state index contributed by atoms with van der Waals surface area (Å²) in [4.78, 5) is 11.8. The van der Waals surface area contributed by atoms with Gasteiger partial charge in [0.15, 0.2) is 0 Å². The average Bonchev–Trinajstić information content (AvgIpc) is 2.32. The zero-order valence-electron chi connectivity index (χ0n) is 9.16. The third-order valence-electron chi connectivity index (χ3n) is 2.33. The molecular weight excluding hydrogens is 178 g/mol. The van der Waals surface area contributed by atoms with E-state index in [-0.39, 0.29) is 11.8 Å². The molecule has 0 spiro atoms. The minimum absolute atomic E-state index is 0.0706. The smallest absolute Gasteiger partial charge is 0.251 e. The van der Waals surface area contributed by atoms with E-state index in [1.54, 1.807) is 5.01 Å². The van der Waals surface area contributed by atoms with Gasteiger partial charge in [0.2, 0.25) is 0 Å². The summed E-state index contributed by atoms with van der Waals surface area (Å²) < 4.78 is 0. The Balaban J connectivity index is 2.63. The molecule has 4 nitrogen and oxygen atoms in total. The highest BCUT2D eigenvalue weighted by atomic mass is 16.2. The Hall–Kier alpha value is -0.900. The maximum Gasteiger partial charge on any atom is 0.251 e. The van der Waals surface area contributed by atoms with Crippen molar-refractivity contribution >= 4 is 11.6 Å². The minimum Gasteiger partial charge on any atom is -0.330 e. The third kappa shape index (κ3) is 2.32. The molecule has 0 aromatic carbocycles. The predicted octanol–water partition coefficient (Wildman–Crippen LogP) is 0.826. The van der Waals surface area contributed by atoms with Crippen LogP contribution in [0.3, 0.4) is 0 Å². The van der Waals surface area contributed by atoms with Gasteiger partial charge in [-0.15, -0.1) is 0 Å². The summed E-state index contributed by atoms with van der Waals surface area (Å²) in [6, 6.07) is 0. The van der Waals surface area contributed by atoms with Crippen LogP contribution in [0.4, 0.5) is 0 Å². The first-order valence-corrected chi connectivity index (χ1v) is 5.12. The highest BCUT2D eigenvalue weighted by Crippen LogP contribution is 2.19. The van der Waals surface area contributed by atoms with Crippen molar-refractivity contribution in [1.82, 2.24) is 5.01 Å². The number of carbonyl (C=O) groups excluding carboxylic acids is 1. The van der Waals surface area contributed by atoms with Gasteiger partial charge in [-0.2, -0.15) is 5.10 Å². The zero-order valence-corrected chi connectivity index (χ0v) is 9.16. The SMILES string of the molecule is CC1=NN(CC(C)C)C(=O)C1CCN. The lowest BCUT2D eigenvalue weighted by Crippen LogP contribution is -2.31. The van der Waals surface area contributed by atoms with Gasteiger partial charge in [0.25, 0.3) is 5.91 Å². The molecule has 0 saturated carbocycles. The lowest BCUT2D eigenvalue weighted by atomic mass is 10.0.